The van der Waals surface area contributed by atoms with Crippen molar-refractivity contribution in [1.82, 2.24) is 4.73 Å². The Morgan fingerprint density at radius 2 is 2.05 bits per heavy atom. The number of pyridine rings is 1. The van der Waals surface area contributed by atoms with E-state index in [1.807, 2.05) is 0 Å². The van der Waals surface area contributed by atoms with Gasteiger partial charge < -0.3 is 5.21 Å². The Morgan fingerprint density at radius 1 is 1.24 bits per heavy atom. The lowest BCUT2D eigenvalue weighted by atomic mass is 10.2. The lowest BCUT2D eigenvalue weighted by Gasteiger charge is -2.06. The fourth-order valence-electron chi connectivity index (χ4n) is 1.93. The maximum absolute atomic E-state index is 12.1. The fourth-order valence-corrected chi connectivity index (χ4v) is 2.33. The van der Waals surface area contributed by atoms with E-state index in [1.165, 1.54) is 24.5 Å². The van der Waals surface area contributed by atoms with Crippen molar-refractivity contribution in [3.63, 3.8) is 0 Å². The molecule has 0 saturated carbocycles. The molecule has 0 N–H and O–H groups in total. The lowest BCUT2D eigenvalue weighted by Crippen LogP contribution is -2.31. The molecule has 0 fully saturated rings. The molecule has 0 aliphatic rings. The molecule has 2 heterocycles. The summed E-state index contributed by atoms with van der Waals surface area (Å²) in [6.45, 7) is 0. The molecule has 0 aliphatic heterocycles. The Labute approximate surface area is 129 Å². The van der Waals surface area contributed by atoms with Crippen molar-refractivity contribution in [1.29, 1.82) is 0 Å². The summed E-state index contributed by atoms with van der Waals surface area (Å²) in [4.78, 5) is 17.2. The molecule has 0 atom stereocenters. The van der Waals surface area contributed by atoms with E-state index in [0.29, 0.717) is 20.2 Å². The minimum Gasteiger partial charge on any atom is -0.710 e. The minimum atomic E-state index is -0.630. The normalized spacial score (nSPS) is 10.8. The van der Waals surface area contributed by atoms with E-state index in [0.717, 1.165) is 4.73 Å². The maximum atomic E-state index is 12.1. The third-order valence-electron chi connectivity index (χ3n) is 2.89. The number of nitrogens with zero attached hydrogens (tertiary/aromatic N) is 2. The van der Waals surface area contributed by atoms with Crippen molar-refractivity contribution >= 4 is 40.2 Å². The van der Waals surface area contributed by atoms with Crippen LogP contribution in [0.5, 0.6) is 0 Å². The third-order valence-corrected chi connectivity index (χ3v) is 3.45. The zero-order valence-electron chi connectivity index (χ0n) is 10.5. The topological polar surface area (TPSA) is 58.2 Å². The molecule has 0 unspecified atom stereocenters. The van der Waals surface area contributed by atoms with Gasteiger partial charge in [0.15, 0.2) is 0 Å². The molecule has 0 aliphatic carbocycles. The number of benzene rings is 1. The monoisotopic (exact) mass is 322 g/mol. The number of hydrogen-bond acceptors (Lipinski definition) is 3. The first kappa shape index (κ1) is 13.7. The molecule has 0 bridgehead atoms. The number of fused-ring (bicyclic) bond motifs is 1. The van der Waals surface area contributed by atoms with E-state index in [4.69, 9.17) is 28.0 Å². The van der Waals surface area contributed by atoms with Crippen molar-refractivity contribution in [3.8, 4) is 0 Å². The number of aromatic nitrogens is 2. The van der Waals surface area contributed by atoms with Crippen LogP contribution in [-0.2, 0) is 0 Å². The zero-order chi connectivity index (χ0) is 15.0. The van der Waals surface area contributed by atoms with Crippen LogP contribution in [0.25, 0.3) is 11.0 Å². The molecule has 3 rings (SSSR count). The molecule has 21 heavy (non-hydrogen) atoms. The number of hydrogen-bond donors (Lipinski definition) is 0. The summed E-state index contributed by atoms with van der Waals surface area (Å²) in [5.41, 5.74) is 0.418. The fraction of sp³-hybridized carbons (Fsp3) is 0. The molecule has 3 aromatic rings. The van der Waals surface area contributed by atoms with Gasteiger partial charge in [-0.15, -0.1) is 0 Å². The van der Waals surface area contributed by atoms with Gasteiger partial charge in [0.05, 0.1) is 22.2 Å². The van der Waals surface area contributed by atoms with E-state index in [9.17, 15) is 10.0 Å². The van der Waals surface area contributed by atoms with Crippen LogP contribution in [0.4, 0.5) is 0 Å². The second-order valence-corrected chi connectivity index (χ2v) is 5.10. The van der Waals surface area contributed by atoms with Crippen LogP contribution in [0.1, 0.15) is 10.4 Å². The van der Waals surface area contributed by atoms with E-state index in [1.54, 1.807) is 24.3 Å². The van der Waals surface area contributed by atoms with Crippen molar-refractivity contribution in [2.24, 2.45) is 0 Å². The van der Waals surface area contributed by atoms with Crippen LogP contribution < -0.4 is 9.57 Å². The second-order valence-electron chi connectivity index (χ2n) is 4.26. The van der Waals surface area contributed by atoms with Crippen LogP contribution in [-0.4, -0.2) is 10.7 Å². The zero-order valence-corrected chi connectivity index (χ0v) is 12.0. The Kier molecular flexibility index (Phi) is 3.45. The quantitative estimate of drug-likeness (QED) is 0.538. The van der Waals surface area contributed by atoms with Crippen LogP contribution >= 0.6 is 23.2 Å². The van der Waals surface area contributed by atoms with Gasteiger partial charge in [-0.2, -0.15) is 0 Å². The van der Waals surface area contributed by atoms with E-state index in [2.05, 4.69) is 0 Å². The third kappa shape index (κ3) is 2.53. The second kappa shape index (κ2) is 5.27. The van der Waals surface area contributed by atoms with Crippen molar-refractivity contribution < 1.29 is 14.4 Å². The highest BCUT2D eigenvalue weighted by Gasteiger charge is 2.19. The number of rotatable bonds is 2. The van der Waals surface area contributed by atoms with Gasteiger partial charge in [-0.25, -0.2) is 9.52 Å². The first-order chi connectivity index (χ1) is 10.1. The summed E-state index contributed by atoms with van der Waals surface area (Å²) in [7, 11) is 0. The summed E-state index contributed by atoms with van der Waals surface area (Å²) in [5.74, 6) is -0.630. The Bertz CT molecular complexity index is 845. The SMILES string of the molecule is O=C(On1ccc2c(Cl)cc[n+]([O-])c21)c1cccc(Cl)c1. The van der Waals surface area contributed by atoms with E-state index in [-0.39, 0.29) is 11.2 Å². The summed E-state index contributed by atoms with van der Waals surface area (Å²) in [5, 5.41) is 13.1. The predicted molar refractivity (Wildman–Crippen MR) is 78.3 cm³/mol. The van der Waals surface area contributed by atoms with Crippen molar-refractivity contribution in [2.75, 3.05) is 0 Å². The van der Waals surface area contributed by atoms with Gasteiger partial charge in [0.25, 0.3) is 0 Å². The molecule has 0 amide bonds. The smallest absolute Gasteiger partial charge is 0.388 e. The first-order valence-electron chi connectivity index (χ1n) is 5.93. The highest BCUT2D eigenvalue weighted by atomic mass is 35.5. The van der Waals surface area contributed by atoms with Crippen LogP contribution in [0.2, 0.25) is 10.0 Å². The van der Waals surface area contributed by atoms with Gasteiger partial charge in [-0.3, -0.25) is 4.84 Å². The Morgan fingerprint density at radius 3 is 2.81 bits per heavy atom. The van der Waals surface area contributed by atoms with Gasteiger partial charge in [0.2, 0.25) is 0 Å². The highest BCUT2D eigenvalue weighted by molar-refractivity contribution is 6.35. The molecule has 2 aromatic heterocycles. The summed E-state index contributed by atoms with van der Waals surface area (Å²) < 4.78 is 1.66. The standard InChI is InChI=1S/C14H8Cl2N2O3/c15-10-3-1-2-9(8-10)14(19)21-18-7-4-11-12(16)5-6-17(20)13(11)18/h1-8H. The molecule has 5 nitrogen and oxygen atoms in total. The first-order valence-corrected chi connectivity index (χ1v) is 6.69. The van der Waals surface area contributed by atoms with Crippen LogP contribution in [0, 0.1) is 5.21 Å². The molecule has 0 saturated heterocycles. The number of carbonyl (C=O) groups excluding carboxylic acids is 1. The maximum Gasteiger partial charge on any atom is 0.388 e. The van der Waals surface area contributed by atoms with E-state index < -0.39 is 5.97 Å². The van der Waals surface area contributed by atoms with Gasteiger partial charge in [-0.05, 0) is 35.1 Å². The molecule has 1 aromatic carbocycles. The Hall–Kier alpha value is -2.24. The molecule has 0 spiro atoms. The predicted octanol–water partition coefficient (Wildman–Crippen LogP) is 2.85. The average Bonchev–Trinajstić information content (AvgIpc) is 2.88. The van der Waals surface area contributed by atoms with Gasteiger partial charge >= 0.3 is 11.6 Å². The Balaban J connectivity index is 1.99. The molecule has 0 radical (unpaired) electrons. The van der Waals surface area contributed by atoms with Gasteiger partial charge in [0, 0.05) is 5.02 Å². The molecular weight excluding hydrogens is 315 g/mol. The summed E-state index contributed by atoms with van der Waals surface area (Å²) >= 11 is 11.8. The average molecular weight is 323 g/mol. The summed E-state index contributed by atoms with van der Waals surface area (Å²) in [6.07, 6.45) is 2.70. The van der Waals surface area contributed by atoms with Crippen molar-refractivity contribution in [3.05, 3.63) is 69.6 Å². The molecular formula is C14H8Cl2N2O3. The largest absolute Gasteiger partial charge is 0.710 e. The van der Waals surface area contributed by atoms with Crippen LogP contribution in [0.3, 0.4) is 0 Å². The van der Waals surface area contributed by atoms with Gasteiger partial charge in [-0.1, -0.05) is 29.3 Å². The summed E-state index contributed by atoms with van der Waals surface area (Å²) in [6, 6.07) is 9.40. The lowest BCUT2D eigenvalue weighted by molar-refractivity contribution is -0.581. The number of carbonyl (C=O) groups is 1. The van der Waals surface area contributed by atoms with E-state index >= 15 is 0 Å². The number of halogens is 2. The molecule has 106 valence electrons. The van der Waals surface area contributed by atoms with Crippen LogP contribution in [0.15, 0.2) is 48.8 Å². The molecule has 7 heteroatoms. The highest BCUT2D eigenvalue weighted by Crippen LogP contribution is 2.21. The minimum absolute atomic E-state index is 0.137. The van der Waals surface area contributed by atoms with Crippen molar-refractivity contribution in [2.45, 2.75) is 0 Å². The van der Waals surface area contributed by atoms with Gasteiger partial charge in [0.1, 0.15) is 6.20 Å².